The second-order valence-electron chi connectivity index (χ2n) is 4.09. The number of rotatable bonds is 4. The molecule has 8 heteroatoms. The van der Waals surface area contributed by atoms with Crippen LogP contribution in [0.2, 0.25) is 0 Å². The molecule has 0 amide bonds. The van der Waals surface area contributed by atoms with Gasteiger partial charge in [0.2, 0.25) is 17.6 Å². The maximum Gasteiger partial charge on any atom is 0.239 e. The molecule has 7 nitrogen and oxygen atoms in total. The Morgan fingerprint density at radius 2 is 1.85 bits per heavy atom. The highest BCUT2D eigenvalue weighted by Gasteiger charge is 2.09. The van der Waals surface area contributed by atoms with Gasteiger partial charge in [-0.3, -0.25) is 0 Å². The molecule has 3 aromatic rings. The van der Waals surface area contributed by atoms with Gasteiger partial charge in [0.25, 0.3) is 0 Å². The summed E-state index contributed by atoms with van der Waals surface area (Å²) in [5, 5.41) is 20.1. The molecule has 0 unspecified atom stereocenters. The van der Waals surface area contributed by atoms with E-state index in [4.69, 9.17) is 4.42 Å². The van der Waals surface area contributed by atoms with E-state index in [2.05, 4.69) is 41.5 Å². The molecule has 0 spiro atoms. The summed E-state index contributed by atoms with van der Waals surface area (Å²) in [6, 6.07) is 7.71. The Kier molecular flexibility index (Phi) is 3.55. The van der Waals surface area contributed by atoms with Crippen molar-refractivity contribution >= 4 is 15.9 Å². The summed E-state index contributed by atoms with van der Waals surface area (Å²) in [7, 11) is 0. The van der Waals surface area contributed by atoms with Crippen molar-refractivity contribution in [3.63, 3.8) is 0 Å². The van der Waals surface area contributed by atoms with Gasteiger partial charge in [-0.25, -0.2) is 0 Å². The Hall–Kier alpha value is -2.09. The zero-order chi connectivity index (χ0) is 13.9. The molecular formula is C12H11BrN6O. The zero-order valence-electron chi connectivity index (χ0n) is 10.7. The fourth-order valence-corrected chi connectivity index (χ4v) is 1.91. The van der Waals surface area contributed by atoms with E-state index in [1.54, 1.807) is 0 Å². The lowest BCUT2D eigenvalue weighted by molar-refractivity contribution is 0.416. The van der Waals surface area contributed by atoms with E-state index in [1.165, 1.54) is 4.80 Å². The maximum absolute atomic E-state index is 5.41. The zero-order valence-corrected chi connectivity index (χ0v) is 12.3. The quantitative estimate of drug-likeness (QED) is 0.726. The van der Waals surface area contributed by atoms with Crippen molar-refractivity contribution in [2.75, 3.05) is 0 Å². The second-order valence-corrected chi connectivity index (χ2v) is 5.01. The van der Waals surface area contributed by atoms with E-state index in [0.717, 1.165) is 10.0 Å². The molecule has 102 valence electrons. The van der Waals surface area contributed by atoms with Crippen molar-refractivity contribution in [2.45, 2.75) is 19.9 Å². The molecule has 3 rings (SSSR count). The molecule has 0 aliphatic heterocycles. The molecule has 0 fully saturated rings. The molecule has 0 N–H and O–H groups in total. The van der Waals surface area contributed by atoms with E-state index in [0.29, 0.717) is 30.6 Å². The van der Waals surface area contributed by atoms with Crippen LogP contribution in [-0.4, -0.2) is 30.4 Å². The first kappa shape index (κ1) is 12.9. The van der Waals surface area contributed by atoms with Gasteiger partial charge in [-0.2, -0.15) is 4.80 Å². The largest absolute Gasteiger partial charge is 0.423 e. The van der Waals surface area contributed by atoms with E-state index in [-0.39, 0.29) is 0 Å². The number of aryl methyl sites for hydroxylation is 1. The van der Waals surface area contributed by atoms with Crippen molar-refractivity contribution in [3.8, 4) is 11.4 Å². The van der Waals surface area contributed by atoms with Crippen molar-refractivity contribution in [3.05, 3.63) is 40.5 Å². The van der Waals surface area contributed by atoms with Gasteiger partial charge in [-0.05, 0) is 29.5 Å². The highest BCUT2D eigenvalue weighted by atomic mass is 79.9. The highest BCUT2D eigenvalue weighted by Crippen LogP contribution is 2.17. The van der Waals surface area contributed by atoms with Crippen molar-refractivity contribution < 1.29 is 4.42 Å². The molecular weight excluding hydrogens is 324 g/mol. The molecule has 0 saturated carbocycles. The summed E-state index contributed by atoms with van der Waals surface area (Å²) < 4.78 is 6.42. The number of hydrogen-bond acceptors (Lipinski definition) is 6. The Morgan fingerprint density at radius 1 is 1.10 bits per heavy atom. The van der Waals surface area contributed by atoms with Gasteiger partial charge in [0.15, 0.2) is 0 Å². The summed E-state index contributed by atoms with van der Waals surface area (Å²) in [4.78, 5) is 1.43. The number of benzene rings is 1. The van der Waals surface area contributed by atoms with Crippen molar-refractivity contribution in [2.24, 2.45) is 0 Å². The van der Waals surface area contributed by atoms with Crippen LogP contribution in [0.3, 0.4) is 0 Å². The van der Waals surface area contributed by atoms with Crippen LogP contribution < -0.4 is 0 Å². The fourth-order valence-electron chi connectivity index (χ4n) is 1.64. The first-order valence-corrected chi connectivity index (χ1v) is 6.89. The molecule has 1 aromatic carbocycles. The van der Waals surface area contributed by atoms with Crippen molar-refractivity contribution in [1.82, 2.24) is 30.4 Å². The highest BCUT2D eigenvalue weighted by molar-refractivity contribution is 9.10. The van der Waals surface area contributed by atoms with Gasteiger partial charge in [0.05, 0.1) is 0 Å². The third-order valence-corrected chi connectivity index (χ3v) is 3.17. The average molecular weight is 335 g/mol. The van der Waals surface area contributed by atoms with E-state index in [1.807, 2.05) is 31.2 Å². The lowest BCUT2D eigenvalue weighted by Crippen LogP contribution is -2.04. The maximum atomic E-state index is 5.41. The molecule has 20 heavy (non-hydrogen) atoms. The fraction of sp³-hybridized carbons (Fsp3) is 0.250. The van der Waals surface area contributed by atoms with Crippen molar-refractivity contribution in [1.29, 1.82) is 0 Å². The van der Waals surface area contributed by atoms with Gasteiger partial charge in [0.1, 0.15) is 6.54 Å². The first-order valence-electron chi connectivity index (χ1n) is 6.09. The molecule has 0 aliphatic carbocycles. The molecule has 0 aliphatic rings. The summed E-state index contributed by atoms with van der Waals surface area (Å²) in [6.45, 7) is 2.27. The van der Waals surface area contributed by atoms with E-state index in [9.17, 15) is 0 Å². The predicted octanol–water partition coefficient (Wildman–Crippen LogP) is 2.10. The molecule has 2 aromatic heterocycles. The Labute approximate surface area is 123 Å². The van der Waals surface area contributed by atoms with Gasteiger partial charge in [-0.15, -0.1) is 20.4 Å². The number of aromatic nitrogens is 6. The summed E-state index contributed by atoms with van der Waals surface area (Å²) in [6.07, 6.45) is 0.710. The van der Waals surface area contributed by atoms with Crippen LogP contribution in [0.4, 0.5) is 0 Å². The third kappa shape index (κ3) is 2.74. The minimum atomic E-state index is 0.316. The Balaban J connectivity index is 1.78. The molecule has 2 heterocycles. The minimum Gasteiger partial charge on any atom is -0.423 e. The van der Waals surface area contributed by atoms with Crippen LogP contribution in [0.25, 0.3) is 11.4 Å². The van der Waals surface area contributed by atoms with Crippen LogP contribution in [-0.2, 0) is 13.0 Å². The molecule has 0 bridgehead atoms. The van der Waals surface area contributed by atoms with Crippen LogP contribution >= 0.6 is 15.9 Å². The van der Waals surface area contributed by atoms with E-state index < -0.39 is 0 Å². The smallest absolute Gasteiger partial charge is 0.239 e. The normalized spacial score (nSPS) is 10.9. The SMILES string of the molecule is CCc1nnc(Cn2nnc(-c3ccc(Br)cc3)n2)o1. The average Bonchev–Trinajstić information content (AvgIpc) is 3.09. The minimum absolute atomic E-state index is 0.316. The summed E-state index contributed by atoms with van der Waals surface area (Å²) in [5.74, 6) is 1.64. The van der Waals surface area contributed by atoms with Crippen LogP contribution in [0, 0.1) is 0 Å². The number of halogens is 1. The number of hydrogen-bond donors (Lipinski definition) is 0. The third-order valence-electron chi connectivity index (χ3n) is 2.64. The number of tetrazole rings is 1. The molecule has 0 atom stereocenters. The van der Waals surface area contributed by atoms with Gasteiger partial charge in [0, 0.05) is 16.5 Å². The van der Waals surface area contributed by atoms with Gasteiger partial charge >= 0.3 is 0 Å². The second kappa shape index (κ2) is 5.49. The van der Waals surface area contributed by atoms with Crippen LogP contribution in [0.15, 0.2) is 33.2 Å². The summed E-state index contributed by atoms with van der Waals surface area (Å²) >= 11 is 3.39. The first-order chi connectivity index (χ1) is 9.74. The monoisotopic (exact) mass is 334 g/mol. The summed E-state index contributed by atoms with van der Waals surface area (Å²) in [5.41, 5.74) is 0.902. The molecule has 0 saturated heterocycles. The van der Waals surface area contributed by atoms with Gasteiger partial charge in [-0.1, -0.05) is 22.9 Å². The van der Waals surface area contributed by atoms with Gasteiger partial charge < -0.3 is 4.42 Å². The lowest BCUT2D eigenvalue weighted by Gasteiger charge is -1.94. The van der Waals surface area contributed by atoms with E-state index >= 15 is 0 Å². The standard InChI is InChI=1S/C12H11BrN6O/c1-2-10-14-15-11(20-10)7-19-17-12(16-18-19)8-3-5-9(13)6-4-8/h3-6H,2,7H2,1H3. The topological polar surface area (TPSA) is 82.5 Å². The predicted molar refractivity (Wildman–Crippen MR) is 73.7 cm³/mol. The lowest BCUT2D eigenvalue weighted by atomic mass is 10.2. The Morgan fingerprint density at radius 3 is 2.55 bits per heavy atom. The molecule has 0 radical (unpaired) electrons. The van der Waals surface area contributed by atoms with Crippen LogP contribution in [0.1, 0.15) is 18.7 Å². The Bertz CT molecular complexity index is 705. The van der Waals surface area contributed by atoms with Crippen LogP contribution in [0.5, 0.6) is 0 Å². The number of nitrogens with zero attached hydrogens (tertiary/aromatic N) is 6.